The first kappa shape index (κ1) is 10.2. The summed E-state index contributed by atoms with van der Waals surface area (Å²) >= 11 is 7.97. The van der Waals surface area contributed by atoms with Gasteiger partial charge in [-0.15, -0.1) is 11.3 Å². The van der Waals surface area contributed by atoms with Gasteiger partial charge in [-0.2, -0.15) is 0 Å². The Kier molecular flexibility index (Phi) is 2.07. The molecule has 0 bridgehead atoms. The van der Waals surface area contributed by atoms with E-state index < -0.39 is 0 Å². The highest BCUT2D eigenvalue weighted by atomic mass is 35.5. The van der Waals surface area contributed by atoms with Gasteiger partial charge in [0.15, 0.2) is 0 Å². The maximum atomic E-state index is 6.28. The van der Waals surface area contributed by atoms with E-state index in [2.05, 4.69) is 28.2 Å². The number of fused-ring (bicyclic) bond motifs is 5. The Bertz CT molecular complexity index is 898. The number of thiophene rings is 1. The van der Waals surface area contributed by atoms with Crippen molar-refractivity contribution in [2.24, 2.45) is 0 Å². The van der Waals surface area contributed by atoms with Crippen LogP contribution in [-0.2, 0) is 0 Å². The first-order chi connectivity index (χ1) is 8.84. The van der Waals surface area contributed by atoms with E-state index in [1.807, 2.05) is 12.1 Å². The second kappa shape index (κ2) is 3.64. The lowest BCUT2D eigenvalue weighted by atomic mass is 10.1. The van der Waals surface area contributed by atoms with Gasteiger partial charge in [0, 0.05) is 27.1 Å². The summed E-state index contributed by atoms with van der Waals surface area (Å²) in [5.74, 6) is 0. The normalized spacial score (nSPS) is 11.6. The lowest BCUT2D eigenvalue weighted by Gasteiger charge is -2.00. The van der Waals surface area contributed by atoms with Crippen LogP contribution < -0.4 is 0 Å². The van der Waals surface area contributed by atoms with E-state index >= 15 is 0 Å². The Balaban J connectivity index is 2.41. The van der Waals surface area contributed by atoms with Gasteiger partial charge in [0.25, 0.3) is 0 Å². The van der Waals surface area contributed by atoms with E-state index in [0.29, 0.717) is 5.15 Å². The molecule has 18 heavy (non-hydrogen) atoms. The topological polar surface area (TPSA) is 25.8 Å². The molecule has 0 atom stereocenters. The Hall–Kier alpha value is -1.71. The Morgan fingerprint density at radius 2 is 1.94 bits per heavy atom. The number of aromatic nitrogens is 2. The molecule has 0 fully saturated rings. The first-order valence-corrected chi connectivity index (χ1v) is 6.74. The molecule has 4 rings (SSSR count). The van der Waals surface area contributed by atoms with Crippen molar-refractivity contribution >= 4 is 54.0 Å². The number of benzene rings is 1. The number of hydrogen-bond acceptors (Lipinski definition) is 3. The molecule has 0 saturated carbocycles. The van der Waals surface area contributed by atoms with Crippen LogP contribution >= 0.6 is 22.9 Å². The number of hydrogen-bond donors (Lipinski definition) is 0. The molecule has 4 aromatic rings. The lowest BCUT2D eigenvalue weighted by Crippen LogP contribution is -1.82. The quantitative estimate of drug-likeness (QED) is 0.435. The number of pyridine rings is 2. The SMILES string of the molecule is Clc1nc2cnccc2c2c1sc1ccccc12. The molecule has 86 valence electrons. The van der Waals surface area contributed by atoms with Gasteiger partial charge in [-0.25, -0.2) is 4.98 Å². The van der Waals surface area contributed by atoms with Gasteiger partial charge in [-0.3, -0.25) is 4.98 Å². The van der Waals surface area contributed by atoms with Crippen molar-refractivity contribution in [3.8, 4) is 0 Å². The van der Waals surface area contributed by atoms with Gasteiger partial charge in [-0.1, -0.05) is 29.8 Å². The first-order valence-electron chi connectivity index (χ1n) is 5.55. The zero-order chi connectivity index (χ0) is 12.1. The number of nitrogens with zero attached hydrogens (tertiary/aromatic N) is 2. The summed E-state index contributed by atoms with van der Waals surface area (Å²) in [6.07, 6.45) is 3.55. The number of halogens is 1. The zero-order valence-electron chi connectivity index (χ0n) is 9.22. The molecule has 0 aliphatic heterocycles. The fraction of sp³-hybridized carbons (Fsp3) is 0. The summed E-state index contributed by atoms with van der Waals surface area (Å²) in [6.45, 7) is 0. The van der Waals surface area contributed by atoms with Gasteiger partial charge in [0.1, 0.15) is 5.15 Å². The van der Waals surface area contributed by atoms with Gasteiger partial charge in [0.05, 0.1) is 16.4 Å². The van der Waals surface area contributed by atoms with E-state index in [4.69, 9.17) is 11.6 Å². The van der Waals surface area contributed by atoms with Crippen molar-refractivity contribution in [1.82, 2.24) is 9.97 Å². The molecule has 3 aromatic heterocycles. The van der Waals surface area contributed by atoms with Crippen LogP contribution in [-0.4, -0.2) is 9.97 Å². The van der Waals surface area contributed by atoms with Crippen LogP contribution in [0.15, 0.2) is 42.7 Å². The van der Waals surface area contributed by atoms with Crippen LogP contribution in [0.3, 0.4) is 0 Å². The zero-order valence-corrected chi connectivity index (χ0v) is 10.8. The largest absolute Gasteiger partial charge is 0.262 e. The predicted octanol–water partition coefficient (Wildman–Crippen LogP) is 4.65. The third-order valence-electron chi connectivity index (χ3n) is 3.07. The minimum Gasteiger partial charge on any atom is -0.262 e. The van der Waals surface area contributed by atoms with Crippen LogP contribution in [0.25, 0.3) is 31.1 Å². The van der Waals surface area contributed by atoms with Crippen molar-refractivity contribution in [2.75, 3.05) is 0 Å². The second-order valence-corrected chi connectivity index (χ2v) is 5.51. The van der Waals surface area contributed by atoms with E-state index in [0.717, 1.165) is 15.6 Å². The van der Waals surface area contributed by atoms with Crippen molar-refractivity contribution in [2.45, 2.75) is 0 Å². The summed E-state index contributed by atoms with van der Waals surface area (Å²) in [4.78, 5) is 8.52. The van der Waals surface area contributed by atoms with Crippen molar-refractivity contribution < 1.29 is 0 Å². The molecule has 3 heterocycles. The fourth-order valence-electron chi connectivity index (χ4n) is 2.30. The third kappa shape index (κ3) is 1.29. The van der Waals surface area contributed by atoms with Crippen molar-refractivity contribution in [3.05, 3.63) is 47.9 Å². The fourth-order valence-corrected chi connectivity index (χ4v) is 3.70. The van der Waals surface area contributed by atoms with E-state index in [1.54, 1.807) is 23.7 Å². The van der Waals surface area contributed by atoms with E-state index in [1.165, 1.54) is 15.5 Å². The number of rotatable bonds is 0. The molecule has 0 amide bonds. The molecule has 0 N–H and O–H groups in total. The van der Waals surface area contributed by atoms with Crippen LogP contribution in [0.1, 0.15) is 0 Å². The van der Waals surface area contributed by atoms with Crippen molar-refractivity contribution in [1.29, 1.82) is 0 Å². The molecular weight excluding hydrogens is 264 g/mol. The third-order valence-corrected chi connectivity index (χ3v) is 4.63. The highest BCUT2D eigenvalue weighted by Gasteiger charge is 2.12. The molecule has 0 aliphatic rings. The highest BCUT2D eigenvalue weighted by molar-refractivity contribution is 7.26. The summed E-state index contributed by atoms with van der Waals surface area (Å²) in [5, 5.41) is 4.10. The predicted molar refractivity (Wildman–Crippen MR) is 77.4 cm³/mol. The maximum absolute atomic E-state index is 6.28. The molecule has 0 saturated heterocycles. The van der Waals surface area contributed by atoms with Crippen LogP contribution in [0.4, 0.5) is 0 Å². The van der Waals surface area contributed by atoms with Gasteiger partial charge in [0.2, 0.25) is 0 Å². The van der Waals surface area contributed by atoms with Gasteiger partial charge < -0.3 is 0 Å². The second-order valence-electron chi connectivity index (χ2n) is 4.10. The molecule has 2 nitrogen and oxygen atoms in total. The smallest absolute Gasteiger partial charge is 0.147 e. The van der Waals surface area contributed by atoms with Crippen molar-refractivity contribution in [3.63, 3.8) is 0 Å². The van der Waals surface area contributed by atoms with Gasteiger partial charge in [-0.05, 0) is 12.1 Å². The van der Waals surface area contributed by atoms with Gasteiger partial charge >= 0.3 is 0 Å². The van der Waals surface area contributed by atoms with Crippen LogP contribution in [0.5, 0.6) is 0 Å². The molecule has 1 aromatic carbocycles. The molecular formula is C14H7ClN2S. The lowest BCUT2D eigenvalue weighted by molar-refractivity contribution is 1.33. The standard InChI is InChI=1S/C14H7ClN2S/c15-14-13-12(8-5-6-16-7-10(8)17-14)9-3-1-2-4-11(9)18-13/h1-7H. The summed E-state index contributed by atoms with van der Waals surface area (Å²) in [7, 11) is 0. The monoisotopic (exact) mass is 270 g/mol. The molecule has 4 heteroatoms. The average molecular weight is 271 g/mol. The Morgan fingerprint density at radius 3 is 2.89 bits per heavy atom. The maximum Gasteiger partial charge on any atom is 0.147 e. The summed E-state index contributed by atoms with van der Waals surface area (Å²) < 4.78 is 2.29. The molecule has 0 unspecified atom stereocenters. The minimum atomic E-state index is 0.562. The van der Waals surface area contributed by atoms with E-state index in [-0.39, 0.29) is 0 Å². The molecule has 0 aliphatic carbocycles. The molecule has 0 spiro atoms. The minimum absolute atomic E-state index is 0.562. The highest BCUT2D eigenvalue weighted by Crippen LogP contribution is 2.40. The van der Waals surface area contributed by atoms with Crippen LogP contribution in [0.2, 0.25) is 5.15 Å². The average Bonchev–Trinajstić information content (AvgIpc) is 2.79. The summed E-state index contributed by atoms with van der Waals surface area (Å²) in [6, 6.07) is 10.3. The van der Waals surface area contributed by atoms with E-state index in [9.17, 15) is 0 Å². The van der Waals surface area contributed by atoms with Crippen LogP contribution in [0, 0.1) is 0 Å². The molecule has 0 radical (unpaired) electrons. The Labute approximate surface area is 112 Å². The summed E-state index contributed by atoms with van der Waals surface area (Å²) in [5.41, 5.74) is 0.846. The Morgan fingerprint density at radius 1 is 1.06 bits per heavy atom.